The smallest absolute Gasteiger partial charge is 0.372 e. The number of nitrogens with two attached hydrogens (primary N) is 1. The van der Waals surface area contributed by atoms with E-state index in [1.807, 2.05) is 0 Å². The van der Waals surface area contributed by atoms with Gasteiger partial charge in [-0.2, -0.15) is 12.6 Å². The molecule has 4 N–H and O–H groups in total. The van der Waals surface area contributed by atoms with Crippen LogP contribution in [-0.2, 0) is 14.4 Å². The van der Waals surface area contributed by atoms with E-state index in [0.717, 1.165) is 0 Å². The van der Waals surface area contributed by atoms with Crippen molar-refractivity contribution in [3.63, 3.8) is 0 Å². The van der Waals surface area contributed by atoms with Crippen LogP contribution in [0.15, 0.2) is 0 Å². The van der Waals surface area contributed by atoms with Gasteiger partial charge in [-0.15, -0.1) is 0 Å². The second-order valence-corrected chi connectivity index (χ2v) is 2.99. The van der Waals surface area contributed by atoms with Gasteiger partial charge < -0.3 is 15.9 Å². The van der Waals surface area contributed by atoms with E-state index in [-0.39, 0.29) is 6.42 Å². The van der Waals surface area contributed by atoms with E-state index in [0.29, 0.717) is 12.2 Å². The van der Waals surface area contributed by atoms with E-state index >= 15 is 0 Å². The molecule has 0 rings (SSSR count). The van der Waals surface area contributed by atoms with Crippen molar-refractivity contribution in [2.24, 2.45) is 5.73 Å². The van der Waals surface area contributed by atoms with Crippen molar-refractivity contribution in [2.45, 2.75) is 25.8 Å². The van der Waals surface area contributed by atoms with E-state index in [2.05, 4.69) is 12.6 Å². The molecule has 0 amide bonds. The van der Waals surface area contributed by atoms with Crippen LogP contribution < -0.4 is 5.73 Å². The number of carboxylic acids is 2. The van der Waals surface area contributed by atoms with Crippen molar-refractivity contribution in [3.8, 4) is 0 Å². The summed E-state index contributed by atoms with van der Waals surface area (Å²) in [6.45, 7) is 1.51. The van der Waals surface area contributed by atoms with E-state index in [1.165, 1.54) is 6.92 Å². The Morgan fingerprint density at radius 1 is 1.33 bits per heavy atom. The first-order chi connectivity index (χ1) is 6.86. The van der Waals surface area contributed by atoms with Gasteiger partial charge in [0.2, 0.25) is 5.78 Å². The number of carbonyl (C=O) groups is 3. The molecular formula is C8H15NO5S. The molecule has 0 aliphatic carbocycles. The number of aliphatic carboxylic acids is 2. The van der Waals surface area contributed by atoms with Gasteiger partial charge in [0.25, 0.3) is 0 Å². The van der Waals surface area contributed by atoms with Crippen LogP contribution in [0.25, 0.3) is 0 Å². The van der Waals surface area contributed by atoms with Crippen LogP contribution in [0.1, 0.15) is 19.8 Å². The van der Waals surface area contributed by atoms with Crippen LogP contribution in [0.5, 0.6) is 0 Å². The molecule has 0 aromatic carbocycles. The Morgan fingerprint density at radius 2 is 1.80 bits per heavy atom. The second-order valence-electron chi connectivity index (χ2n) is 2.54. The fourth-order valence-corrected chi connectivity index (χ4v) is 0.692. The maximum absolute atomic E-state index is 9.93. The van der Waals surface area contributed by atoms with Gasteiger partial charge in [-0.25, -0.2) is 4.79 Å². The summed E-state index contributed by atoms with van der Waals surface area (Å²) in [5.41, 5.74) is 5.08. The van der Waals surface area contributed by atoms with Gasteiger partial charge in [0, 0.05) is 6.42 Å². The molecular weight excluding hydrogens is 222 g/mol. The molecule has 0 aromatic heterocycles. The van der Waals surface area contributed by atoms with Gasteiger partial charge in [-0.3, -0.25) is 9.59 Å². The van der Waals surface area contributed by atoms with Crippen molar-refractivity contribution < 1.29 is 24.6 Å². The number of rotatable bonds is 5. The minimum atomic E-state index is -1.34. The van der Waals surface area contributed by atoms with Gasteiger partial charge >= 0.3 is 11.9 Å². The standard InChI is InChI=1S/C4H9NO2S.C4H6O3/c5-3(1-2-8)4(6)7;1-2-3(5)4(6)7/h3,8H,1-2,5H2,(H,6,7);2H2,1H3,(H,6,7). The second kappa shape index (κ2) is 9.47. The van der Waals surface area contributed by atoms with E-state index in [4.69, 9.17) is 15.9 Å². The highest BCUT2D eigenvalue weighted by atomic mass is 32.1. The zero-order valence-corrected chi connectivity index (χ0v) is 9.24. The lowest BCUT2D eigenvalue weighted by molar-refractivity contribution is -0.148. The molecule has 1 unspecified atom stereocenters. The first-order valence-electron chi connectivity index (χ1n) is 4.22. The zero-order chi connectivity index (χ0) is 12.4. The number of hydrogen-bond donors (Lipinski definition) is 4. The number of ketones is 1. The Balaban J connectivity index is 0. The molecule has 0 saturated carbocycles. The number of hydrogen-bond acceptors (Lipinski definition) is 5. The summed E-state index contributed by atoms with van der Waals surface area (Å²) in [5, 5.41) is 16.0. The lowest BCUT2D eigenvalue weighted by atomic mass is 10.2. The van der Waals surface area contributed by atoms with Crippen molar-refractivity contribution >= 4 is 30.4 Å². The molecule has 6 nitrogen and oxygen atoms in total. The highest BCUT2D eigenvalue weighted by Crippen LogP contribution is 1.88. The van der Waals surface area contributed by atoms with Gasteiger partial charge in [0.15, 0.2) is 0 Å². The summed E-state index contributed by atoms with van der Waals surface area (Å²) in [7, 11) is 0. The Kier molecular flexibility index (Phi) is 10.3. The molecule has 7 heteroatoms. The van der Waals surface area contributed by atoms with Crippen LogP contribution in [0.4, 0.5) is 0 Å². The van der Waals surface area contributed by atoms with Gasteiger partial charge in [0.1, 0.15) is 6.04 Å². The minimum Gasteiger partial charge on any atom is -0.480 e. The van der Waals surface area contributed by atoms with Crippen LogP contribution in [-0.4, -0.2) is 39.7 Å². The third-order valence-electron chi connectivity index (χ3n) is 1.32. The molecule has 0 saturated heterocycles. The van der Waals surface area contributed by atoms with E-state index in [1.54, 1.807) is 0 Å². The molecule has 0 aromatic rings. The Hall–Kier alpha value is -1.08. The third-order valence-corrected chi connectivity index (χ3v) is 1.58. The SMILES string of the molecule is CCC(=O)C(=O)O.NC(CCS)C(=O)O. The molecule has 0 spiro atoms. The van der Waals surface area contributed by atoms with E-state index < -0.39 is 23.8 Å². The van der Waals surface area contributed by atoms with Crippen molar-refractivity contribution in [2.75, 3.05) is 5.75 Å². The average Bonchev–Trinajstić information content (AvgIpc) is 2.17. The lowest BCUT2D eigenvalue weighted by Crippen LogP contribution is -2.30. The number of carboxylic acid groups (broad SMARTS) is 2. The van der Waals surface area contributed by atoms with Crippen LogP contribution in [0, 0.1) is 0 Å². The molecule has 0 bridgehead atoms. The maximum atomic E-state index is 9.93. The summed E-state index contributed by atoms with van der Waals surface area (Å²) in [5.74, 6) is -2.52. The Morgan fingerprint density at radius 3 is 1.87 bits per heavy atom. The van der Waals surface area contributed by atoms with Gasteiger partial charge in [-0.1, -0.05) is 6.92 Å². The van der Waals surface area contributed by atoms with Crippen LogP contribution in [0.2, 0.25) is 0 Å². The predicted octanol–water partition coefficient (Wildman–Crippen LogP) is -0.232. The highest BCUT2D eigenvalue weighted by Gasteiger charge is 2.08. The molecule has 0 radical (unpaired) electrons. The normalized spacial score (nSPS) is 10.9. The van der Waals surface area contributed by atoms with Crippen molar-refractivity contribution in [1.82, 2.24) is 0 Å². The summed E-state index contributed by atoms with van der Waals surface area (Å²) in [6.07, 6.45) is 0.508. The minimum absolute atomic E-state index is 0.0787. The zero-order valence-electron chi connectivity index (χ0n) is 8.34. The highest BCUT2D eigenvalue weighted by molar-refractivity contribution is 7.80. The first-order valence-corrected chi connectivity index (χ1v) is 4.85. The van der Waals surface area contributed by atoms with Gasteiger partial charge in [-0.05, 0) is 12.2 Å². The first kappa shape index (κ1) is 16.4. The van der Waals surface area contributed by atoms with Crippen LogP contribution >= 0.6 is 12.6 Å². The maximum Gasteiger partial charge on any atom is 0.372 e. The van der Waals surface area contributed by atoms with Crippen LogP contribution in [0.3, 0.4) is 0 Å². The molecule has 1 atom stereocenters. The summed E-state index contributed by atoms with van der Waals surface area (Å²) in [4.78, 5) is 29.4. The van der Waals surface area contributed by atoms with Crippen molar-refractivity contribution in [1.29, 1.82) is 0 Å². The average molecular weight is 237 g/mol. The topological polar surface area (TPSA) is 118 Å². The number of thiol groups is 1. The Bertz CT molecular complexity index is 231. The summed E-state index contributed by atoms with van der Waals surface area (Å²) >= 11 is 3.81. The molecule has 0 aliphatic heterocycles. The predicted molar refractivity (Wildman–Crippen MR) is 57.0 cm³/mol. The van der Waals surface area contributed by atoms with Gasteiger partial charge in [0.05, 0.1) is 0 Å². The molecule has 15 heavy (non-hydrogen) atoms. The molecule has 0 fully saturated rings. The molecule has 0 aliphatic rings. The lowest BCUT2D eigenvalue weighted by Gasteiger charge is -2.00. The summed E-state index contributed by atoms with van der Waals surface area (Å²) < 4.78 is 0. The third kappa shape index (κ3) is 10.8. The van der Waals surface area contributed by atoms with E-state index in [9.17, 15) is 14.4 Å². The number of Topliss-reactive ketones (excluding diaryl/α,β-unsaturated/α-hetero) is 1. The fourth-order valence-electron chi connectivity index (χ4n) is 0.414. The molecule has 0 heterocycles. The monoisotopic (exact) mass is 237 g/mol. The quantitative estimate of drug-likeness (QED) is 0.387. The van der Waals surface area contributed by atoms with Crippen molar-refractivity contribution in [3.05, 3.63) is 0 Å². The molecule has 88 valence electrons. The fraction of sp³-hybridized carbons (Fsp3) is 0.625. The Labute approximate surface area is 92.9 Å². The number of carbonyl (C=O) groups excluding carboxylic acids is 1. The summed E-state index contributed by atoms with van der Waals surface area (Å²) in [6, 6.07) is -0.743. The largest absolute Gasteiger partial charge is 0.480 e.